The first-order valence-electron chi connectivity index (χ1n) is 9.06. The molecule has 3 aromatic rings. The maximum absolute atomic E-state index is 13.1. The number of nitrogens with zero attached hydrogens (tertiary/aromatic N) is 3. The lowest BCUT2D eigenvalue weighted by atomic mass is 10.2. The van der Waals surface area contributed by atoms with Crippen molar-refractivity contribution in [2.24, 2.45) is 0 Å². The molecule has 0 radical (unpaired) electrons. The lowest BCUT2D eigenvalue weighted by molar-refractivity contribution is -0.286. The molecule has 3 heterocycles. The molecular weight excluding hydrogens is 412 g/mol. The number of carbonyl (C=O) groups excluding carboxylic acids is 2. The van der Waals surface area contributed by atoms with Gasteiger partial charge in [-0.15, -0.1) is 8.78 Å². The average Bonchev–Trinajstić information content (AvgIpc) is 3.09. The summed E-state index contributed by atoms with van der Waals surface area (Å²) in [7, 11) is 0. The zero-order valence-corrected chi connectivity index (χ0v) is 15.8. The van der Waals surface area contributed by atoms with Gasteiger partial charge in [0.05, 0.1) is 0 Å². The monoisotopic (exact) mass is 427 g/mol. The van der Waals surface area contributed by atoms with Gasteiger partial charge in [0.25, 0.3) is 11.8 Å². The first-order chi connectivity index (χ1) is 14.9. The average molecular weight is 427 g/mol. The van der Waals surface area contributed by atoms with Gasteiger partial charge in [-0.1, -0.05) is 6.07 Å². The summed E-state index contributed by atoms with van der Waals surface area (Å²) >= 11 is 0. The fraction of sp³-hybridized carbons (Fsp3) is 0.150. The fourth-order valence-electron chi connectivity index (χ4n) is 2.76. The number of halogens is 2. The van der Waals surface area contributed by atoms with Gasteiger partial charge in [0, 0.05) is 31.5 Å². The van der Waals surface area contributed by atoms with Crippen molar-refractivity contribution in [1.29, 1.82) is 0 Å². The SMILES string of the molecule is O=C(NCc1ccncc1)c1cc(C(=O)NCc2ccc3c(c2)OC(F)(F)O3)ncn1. The van der Waals surface area contributed by atoms with Crippen molar-refractivity contribution < 1.29 is 27.8 Å². The molecule has 0 aliphatic carbocycles. The van der Waals surface area contributed by atoms with Gasteiger partial charge in [-0.05, 0) is 35.4 Å². The van der Waals surface area contributed by atoms with Crippen LogP contribution in [0, 0.1) is 0 Å². The lowest BCUT2D eigenvalue weighted by Gasteiger charge is -2.07. The van der Waals surface area contributed by atoms with Crippen LogP contribution in [0.3, 0.4) is 0 Å². The second kappa shape index (κ2) is 8.30. The number of nitrogens with one attached hydrogen (secondary N) is 2. The molecule has 11 heteroatoms. The number of rotatable bonds is 6. The van der Waals surface area contributed by atoms with Crippen LogP contribution in [-0.4, -0.2) is 33.1 Å². The summed E-state index contributed by atoms with van der Waals surface area (Å²) in [6.07, 6.45) is 0.624. The van der Waals surface area contributed by atoms with Gasteiger partial charge in [0.15, 0.2) is 11.5 Å². The predicted molar refractivity (Wildman–Crippen MR) is 101 cm³/mol. The highest BCUT2D eigenvalue weighted by molar-refractivity contribution is 5.97. The summed E-state index contributed by atoms with van der Waals surface area (Å²) in [5.74, 6) is -1.23. The Labute approximate surface area is 174 Å². The molecule has 0 bridgehead atoms. The highest BCUT2D eigenvalue weighted by Crippen LogP contribution is 2.41. The van der Waals surface area contributed by atoms with Crippen molar-refractivity contribution in [3.8, 4) is 11.5 Å². The van der Waals surface area contributed by atoms with Crippen LogP contribution in [0.1, 0.15) is 32.1 Å². The van der Waals surface area contributed by atoms with Crippen molar-refractivity contribution in [2.45, 2.75) is 19.4 Å². The van der Waals surface area contributed by atoms with E-state index >= 15 is 0 Å². The van der Waals surface area contributed by atoms with E-state index in [0.717, 1.165) is 11.9 Å². The number of hydrogen-bond donors (Lipinski definition) is 2. The van der Waals surface area contributed by atoms with E-state index in [1.165, 1.54) is 24.3 Å². The fourth-order valence-corrected chi connectivity index (χ4v) is 2.76. The van der Waals surface area contributed by atoms with Crippen molar-refractivity contribution in [2.75, 3.05) is 0 Å². The summed E-state index contributed by atoms with van der Waals surface area (Å²) in [6.45, 7) is 0.296. The van der Waals surface area contributed by atoms with Crippen LogP contribution in [0.25, 0.3) is 0 Å². The van der Waals surface area contributed by atoms with Crippen LogP contribution >= 0.6 is 0 Å². The molecule has 0 fully saturated rings. The van der Waals surface area contributed by atoms with Crippen molar-refractivity contribution >= 4 is 11.8 Å². The molecule has 0 saturated heterocycles. The van der Waals surface area contributed by atoms with Crippen LogP contribution in [0.2, 0.25) is 0 Å². The summed E-state index contributed by atoms with van der Waals surface area (Å²) in [4.78, 5) is 36.4. The normalized spacial score (nSPS) is 13.5. The first-order valence-corrected chi connectivity index (χ1v) is 9.06. The lowest BCUT2D eigenvalue weighted by Crippen LogP contribution is -2.27. The quantitative estimate of drug-likeness (QED) is 0.619. The van der Waals surface area contributed by atoms with E-state index in [1.54, 1.807) is 24.5 Å². The Morgan fingerprint density at radius 1 is 0.839 bits per heavy atom. The molecule has 31 heavy (non-hydrogen) atoms. The Hall–Kier alpha value is -4.15. The predicted octanol–water partition coefficient (Wildman–Crippen LogP) is 2.05. The number of amides is 2. The summed E-state index contributed by atoms with van der Waals surface area (Å²) in [5, 5.41) is 5.29. The van der Waals surface area contributed by atoms with Crippen molar-refractivity contribution in [1.82, 2.24) is 25.6 Å². The van der Waals surface area contributed by atoms with Crippen LogP contribution in [0.4, 0.5) is 8.78 Å². The van der Waals surface area contributed by atoms with Gasteiger partial charge >= 0.3 is 6.29 Å². The highest BCUT2D eigenvalue weighted by Gasteiger charge is 2.43. The van der Waals surface area contributed by atoms with Gasteiger partial charge < -0.3 is 20.1 Å². The maximum atomic E-state index is 13.1. The molecule has 0 atom stereocenters. The molecule has 158 valence electrons. The number of alkyl halides is 2. The number of benzene rings is 1. The number of aromatic nitrogens is 3. The van der Waals surface area contributed by atoms with Gasteiger partial charge in [-0.2, -0.15) is 0 Å². The van der Waals surface area contributed by atoms with Gasteiger partial charge in [-0.25, -0.2) is 9.97 Å². The maximum Gasteiger partial charge on any atom is 0.586 e. The van der Waals surface area contributed by atoms with Crippen LogP contribution < -0.4 is 20.1 Å². The Morgan fingerprint density at radius 2 is 1.45 bits per heavy atom. The molecule has 1 aliphatic rings. The standard InChI is InChI=1S/C20H15F2N5O4/c21-20(22)30-16-2-1-13(7-17(16)31-20)10-25-19(29)15-8-14(26-11-27-15)18(28)24-9-12-3-5-23-6-4-12/h1-8,11H,9-10H2,(H,24,28)(H,25,29). The van der Waals surface area contributed by atoms with E-state index < -0.39 is 18.1 Å². The smallest absolute Gasteiger partial charge is 0.395 e. The van der Waals surface area contributed by atoms with Gasteiger partial charge in [0.1, 0.15) is 17.7 Å². The minimum Gasteiger partial charge on any atom is -0.395 e. The van der Waals surface area contributed by atoms with Crippen LogP contribution in [0.5, 0.6) is 11.5 Å². The zero-order chi connectivity index (χ0) is 21.8. The topological polar surface area (TPSA) is 115 Å². The number of carbonyl (C=O) groups is 2. The largest absolute Gasteiger partial charge is 0.586 e. The van der Waals surface area contributed by atoms with Crippen LogP contribution in [-0.2, 0) is 13.1 Å². The van der Waals surface area contributed by atoms with E-state index in [-0.39, 0.29) is 36.0 Å². The number of pyridine rings is 1. The second-order valence-electron chi connectivity index (χ2n) is 6.46. The Bertz CT molecular complexity index is 1130. The Balaban J connectivity index is 1.36. The molecule has 2 amide bonds. The van der Waals surface area contributed by atoms with Crippen molar-refractivity contribution in [3.05, 3.63) is 77.6 Å². The van der Waals surface area contributed by atoms with Gasteiger partial charge in [-0.3, -0.25) is 14.6 Å². The first kappa shape index (κ1) is 20.1. The molecular formula is C20H15F2N5O4. The Kier molecular flexibility index (Phi) is 5.39. The number of fused-ring (bicyclic) bond motifs is 1. The minimum absolute atomic E-state index is 0.0173. The highest BCUT2D eigenvalue weighted by atomic mass is 19.3. The van der Waals surface area contributed by atoms with Crippen molar-refractivity contribution in [3.63, 3.8) is 0 Å². The Morgan fingerprint density at radius 3 is 2.13 bits per heavy atom. The molecule has 4 rings (SSSR count). The zero-order valence-electron chi connectivity index (χ0n) is 15.8. The molecule has 2 aromatic heterocycles. The van der Waals surface area contributed by atoms with E-state index in [1.807, 2.05) is 0 Å². The van der Waals surface area contributed by atoms with E-state index in [0.29, 0.717) is 5.56 Å². The molecule has 1 aromatic carbocycles. The third-order valence-corrected chi connectivity index (χ3v) is 4.25. The number of ether oxygens (including phenoxy) is 2. The van der Waals surface area contributed by atoms with E-state index in [9.17, 15) is 18.4 Å². The van der Waals surface area contributed by atoms with Gasteiger partial charge in [0.2, 0.25) is 0 Å². The summed E-state index contributed by atoms with van der Waals surface area (Å²) in [6, 6.07) is 8.97. The summed E-state index contributed by atoms with van der Waals surface area (Å²) in [5.41, 5.74) is 1.38. The molecule has 1 aliphatic heterocycles. The van der Waals surface area contributed by atoms with Crippen LogP contribution in [0.15, 0.2) is 55.1 Å². The molecule has 0 unspecified atom stereocenters. The van der Waals surface area contributed by atoms with E-state index in [2.05, 4.69) is 35.1 Å². The number of hydrogen-bond acceptors (Lipinski definition) is 7. The molecule has 0 spiro atoms. The molecule has 2 N–H and O–H groups in total. The minimum atomic E-state index is -3.71. The molecule has 9 nitrogen and oxygen atoms in total. The third kappa shape index (κ3) is 4.89. The van der Waals surface area contributed by atoms with E-state index in [4.69, 9.17) is 0 Å². The summed E-state index contributed by atoms with van der Waals surface area (Å²) < 4.78 is 34.9. The third-order valence-electron chi connectivity index (χ3n) is 4.25. The second-order valence-corrected chi connectivity index (χ2v) is 6.46. The molecule has 0 saturated carbocycles.